The summed E-state index contributed by atoms with van der Waals surface area (Å²) in [6, 6.07) is 5.07. The van der Waals surface area contributed by atoms with Crippen LogP contribution in [-0.4, -0.2) is 32.4 Å². The van der Waals surface area contributed by atoms with Gasteiger partial charge in [-0.2, -0.15) is 4.31 Å². The predicted molar refractivity (Wildman–Crippen MR) is 81.4 cm³/mol. The van der Waals surface area contributed by atoms with Crippen LogP contribution in [-0.2, 0) is 16.6 Å². The van der Waals surface area contributed by atoms with Crippen LogP contribution in [0.25, 0.3) is 0 Å². The Kier molecular flexibility index (Phi) is 5.07. The molecule has 0 aromatic heterocycles. The molecule has 1 aromatic carbocycles. The zero-order valence-corrected chi connectivity index (χ0v) is 13.5. The molecule has 0 saturated carbocycles. The second-order valence-corrected chi connectivity index (χ2v) is 7.40. The number of hydrogen-bond donors (Lipinski definition) is 1. The first-order valence-electron chi connectivity index (χ1n) is 6.95. The molecule has 1 saturated heterocycles. The van der Waals surface area contributed by atoms with Gasteiger partial charge < -0.3 is 5.32 Å². The molecule has 1 aromatic rings. The zero-order valence-electron chi connectivity index (χ0n) is 11.9. The molecule has 1 heterocycles. The van der Waals surface area contributed by atoms with Gasteiger partial charge in [0.2, 0.25) is 10.0 Å². The number of rotatable bonds is 5. The average molecular weight is 317 g/mol. The van der Waals surface area contributed by atoms with Crippen LogP contribution < -0.4 is 5.32 Å². The molecule has 0 amide bonds. The standard InChI is InChI=1S/C14H21ClN2O2S/c1-3-12-5-4-8-17(12)20(18,19)13-6-7-14(15)11(9-13)10-16-2/h6-7,9,12,16H,3-5,8,10H2,1-2H3. The number of nitrogens with zero attached hydrogens (tertiary/aromatic N) is 1. The summed E-state index contributed by atoms with van der Waals surface area (Å²) in [5.74, 6) is 0. The predicted octanol–water partition coefficient (Wildman–Crippen LogP) is 2.62. The summed E-state index contributed by atoms with van der Waals surface area (Å²) in [5, 5.41) is 3.59. The number of sulfonamides is 1. The molecule has 0 aliphatic carbocycles. The first-order chi connectivity index (χ1) is 9.50. The Morgan fingerprint density at radius 2 is 2.20 bits per heavy atom. The summed E-state index contributed by atoms with van der Waals surface area (Å²) in [4.78, 5) is 0.340. The fraction of sp³-hybridized carbons (Fsp3) is 0.571. The monoisotopic (exact) mass is 316 g/mol. The van der Waals surface area contributed by atoms with Crippen molar-refractivity contribution in [3.8, 4) is 0 Å². The number of hydrogen-bond acceptors (Lipinski definition) is 3. The second-order valence-electron chi connectivity index (χ2n) is 5.10. The number of halogens is 1. The van der Waals surface area contributed by atoms with Crippen molar-refractivity contribution in [2.24, 2.45) is 0 Å². The Balaban J connectivity index is 2.36. The van der Waals surface area contributed by atoms with E-state index in [1.807, 2.05) is 14.0 Å². The lowest BCUT2D eigenvalue weighted by molar-refractivity contribution is 0.379. The summed E-state index contributed by atoms with van der Waals surface area (Å²) in [6.45, 7) is 3.21. The topological polar surface area (TPSA) is 49.4 Å². The van der Waals surface area contributed by atoms with Crippen molar-refractivity contribution in [2.45, 2.75) is 43.7 Å². The van der Waals surface area contributed by atoms with E-state index >= 15 is 0 Å². The van der Waals surface area contributed by atoms with Gasteiger partial charge in [-0.1, -0.05) is 18.5 Å². The van der Waals surface area contributed by atoms with E-state index in [1.165, 1.54) is 0 Å². The molecule has 2 rings (SSSR count). The highest BCUT2D eigenvalue weighted by Gasteiger charge is 2.34. The third kappa shape index (κ3) is 3.01. The lowest BCUT2D eigenvalue weighted by atomic mass is 10.2. The van der Waals surface area contributed by atoms with E-state index in [0.717, 1.165) is 24.8 Å². The first kappa shape index (κ1) is 15.8. The van der Waals surface area contributed by atoms with Gasteiger partial charge in [-0.25, -0.2) is 8.42 Å². The Morgan fingerprint density at radius 3 is 2.85 bits per heavy atom. The average Bonchev–Trinajstić information content (AvgIpc) is 2.90. The van der Waals surface area contributed by atoms with E-state index in [4.69, 9.17) is 11.6 Å². The van der Waals surface area contributed by atoms with E-state index in [0.29, 0.717) is 23.0 Å². The van der Waals surface area contributed by atoms with Gasteiger partial charge in [-0.15, -0.1) is 0 Å². The molecular formula is C14H21ClN2O2S. The van der Waals surface area contributed by atoms with Gasteiger partial charge in [0.15, 0.2) is 0 Å². The van der Waals surface area contributed by atoms with Crippen LogP contribution in [0.5, 0.6) is 0 Å². The Bertz CT molecular complexity index is 575. The molecule has 1 fully saturated rings. The fourth-order valence-electron chi connectivity index (χ4n) is 2.71. The van der Waals surface area contributed by atoms with Crippen LogP contribution in [0.2, 0.25) is 5.02 Å². The van der Waals surface area contributed by atoms with Crippen LogP contribution in [0.3, 0.4) is 0 Å². The third-order valence-electron chi connectivity index (χ3n) is 3.79. The highest BCUT2D eigenvalue weighted by atomic mass is 35.5. The van der Waals surface area contributed by atoms with Gasteiger partial charge in [0, 0.05) is 24.2 Å². The van der Waals surface area contributed by atoms with Crippen LogP contribution >= 0.6 is 11.6 Å². The molecule has 6 heteroatoms. The minimum Gasteiger partial charge on any atom is -0.316 e. The summed E-state index contributed by atoms with van der Waals surface area (Å²) >= 11 is 6.09. The Morgan fingerprint density at radius 1 is 1.45 bits per heavy atom. The highest BCUT2D eigenvalue weighted by Crippen LogP contribution is 2.29. The lowest BCUT2D eigenvalue weighted by Gasteiger charge is -2.23. The van der Waals surface area contributed by atoms with Crippen LogP contribution in [0, 0.1) is 0 Å². The molecule has 0 bridgehead atoms. The van der Waals surface area contributed by atoms with Gasteiger partial charge in [0.25, 0.3) is 0 Å². The number of benzene rings is 1. The summed E-state index contributed by atoms with van der Waals surface area (Å²) in [6.07, 6.45) is 2.75. The molecule has 0 radical (unpaired) electrons. The summed E-state index contributed by atoms with van der Waals surface area (Å²) in [5.41, 5.74) is 0.808. The molecule has 1 atom stereocenters. The van der Waals surface area contributed by atoms with Gasteiger partial charge in [0.1, 0.15) is 0 Å². The molecule has 1 aliphatic rings. The molecule has 4 nitrogen and oxygen atoms in total. The van der Waals surface area contributed by atoms with Crippen molar-refractivity contribution < 1.29 is 8.42 Å². The van der Waals surface area contributed by atoms with E-state index < -0.39 is 10.0 Å². The maximum absolute atomic E-state index is 12.7. The van der Waals surface area contributed by atoms with Crippen molar-refractivity contribution in [1.29, 1.82) is 0 Å². The molecule has 20 heavy (non-hydrogen) atoms. The van der Waals surface area contributed by atoms with Crippen molar-refractivity contribution in [3.63, 3.8) is 0 Å². The Labute approximate surface area is 126 Å². The van der Waals surface area contributed by atoms with Crippen molar-refractivity contribution in [3.05, 3.63) is 28.8 Å². The molecule has 1 aliphatic heterocycles. The normalized spacial score (nSPS) is 20.4. The smallest absolute Gasteiger partial charge is 0.243 e. The van der Waals surface area contributed by atoms with E-state index in [9.17, 15) is 8.42 Å². The summed E-state index contributed by atoms with van der Waals surface area (Å²) < 4.78 is 27.1. The molecular weight excluding hydrogens is 296 g/mol. The maximum atomic E-state index is 12.7. The minimum absolute atomic E-state index is 0.128. The minimum atomic E-state index is -3.41. The largest absolute Gasteiger partial charge is 0.316 e. The van der Waals surface area contributed by atoms with Crippen molar-refractivity contribution in [2.75, 3.05) is 13.6 Å². The SMILES string of the molecule is CCC1CCCN1S(=O)(=O)c1ccc(Cl)c(CNC)c1. The maximum Gasteiger partial charge on any atom is 0.243 e. The molecule has 112 valence electrons. The van der Waals surface area contributed by atoms with Gasteiger partial charge in [0.05, 0.1) is 4.90 Å². The zero-order chi connectivity index (χ0) is 14.8. The van der Waals surface area contributed by atoms with Gasteiger partial charge >= 0.3 is 0 Å². The number of nitrogens with one attached hydrogen (secondary N) is 1. The van der Waals surface area contributed by atoms with E-state index in [-0.39, 0.29) is 6.04 Å². The van der Waals surface area contributed by atoms with Crippen LogP contribution in [0.4, 0.5) is 0 Å². The van der Waals surface area contributed by atoms with Crippen molar-refractivity contribution in [1.82, 2.24) is 9.62 Å². The molecule has 0 spiro atoms. The first-order valence-corrected chi connectivity index (χ1v) is 8.77. The highest BCUT2D eigenvalue weighted by molar-refractivity contribution is 7.89. The molecule has 1 N–H and O–H groups in total. The Hall–Kier alpha value is -0.620. The van der Waals surface area contributed by atoms with Crippen molar-refractivity contribution >= 4 is 21.6 Å². The van der Waals surface area contributed by atoms with Gasteiger partial charge in [-0.05, 0) is 50.1 Å². The fourth-order valence-corrected chi connectivity index (χ4v) is 4.71. The quantitative estimate of drug-likeness (QED) is 0.908. The third-order valence-corrected chi connectivity index (χ3v) is 6.10. The summed E-state index contributed by atoms with van der Waals surface area (Å²) in [7, 11) is -1.60. The van der Waals surface area contributed by atoms with Crippen LogP contribution in [0.1, 0.15) is 31.7 Å². The second kappa shape index (κ2) is 6.43. The van der Waals surface area contributed by atoms with E-state index in [2.05, 4.69) is 5.32 Å². The molecule has 1 unspecified atom stereocenters. The van der Waals surface area contributed by atoms with Gasteiger partial charge in [-0.3, -0.25) is 0 Å². The lowest BCUT2D eigenvalue weighted by Crippen LogP contribution is -2.35. The van der Waals surface area contributed by atoms with E-state index in [1.54, 1.807) is 22.5 Å². The van der Waals surface area contributed by atoms with Crippen LogP contribution in [0.15, 0.2) is 23.1 Å².